The molecule has 0 fully saturated rings. The number of phenols is 1. The van der Waals surface area contributed by atoms with Crippen LogP contribution in [0.3, 0.4) is 0 Å². The van der Waals surface area contributed by atoms with E-state index in [-0.39, 0.29) is 59.3 Å². The van der Waals surface area contributed by atoms with Gasteiger partial charge in [0.1, 0.15) is 55.2 Å². The zero-order chi connectivity index (χ0) is 62.8. The molecule has 0 aliphatic heterocycles. The van der Waals surface area contributed by atoms with Crippen LogP contribution >= 0.6 is 0 Å². The van der Waals surface area contributed by atoms with Crippen LogP contribution in [0, 0.1) is 0 Å². The molecule has 9 nitrogen and oxygen atoms in total. The average Bonchev–Trinajstić information content (AvgIpc) is 1.44. The number of benzene rings is 5. The number of hydrogen-bond donors (Lipinski definition) is 1. The fraction of sp³-hybridized carbons (Fsp3) is 0.367. The first-order valence-electron chi connectivity index (χ1n) is 31.2. The van der Waals surface area contributed by atoms with Gasteiger partial charge in [-0.3, -0.25) is 19.9 Å². The Morgan fingerprint density at radius 1 is 0.284 bits per heavy atom. The maximum Gasteiger partial charge on any atom is 0.130 e. The molecule has 0 saturated carbocycles. The summed E-state index contributed by atoms with van der Waals surface area (Å²) in [6.07, 6.45) is 9.51. The Bertz CT molecular complexity index is 3660. The second-order valence-corrected chi connectivity index (χ2v) is 29.2. The molecule has 88 heavy (non-hydrogen) atoms. The van der Waals surface area contributed by atoms with Crippen molar-refractivity contribution in [2.75, 3.05) is 0 Å². The molecule has 1 aliphatic rings. The van der Waals surface area contributed by atoms with Crippen molar-refractivity contribution >= 4 is 0 Å². The molecular formula is C79H90N4O5. The van der Waals surface area contributed by atoms with Crippen LogP contribution in [0.1, 0.15) is 210 Å². The minimum Gasteiger partial charge on any atom is -0.507 e. The van der Waals surface area contributed by atoms with Gasteiger partial charge < -0.3 is 24.1 Å². The molecule has 10 bridgehead atoms. The Kier molecular flexibility index (Phi) is 18.1. The van der Waals surface area contributed by atoms with Gasteiger partial charge in [-0.2, -0.15) is 0 Å². The van der Waals surface area contributed by atoms with Gasteiger partial charge >= 0.3 is 0 Å². The minimum atomic E-state index is -0.276. The van der Waals surface area contributed by atoms with Crippen molar-refractivity contribution in [1.82, 2.24) is 19.9 Å². The van der Waals surface area contributed by atoms with E-state index < -0.39 is 0 Å². The summed E-state index contributed by atoms with van der Waals surface area (Å²) >= 11 is 0. The Morgan fingerprint density at radius 2 is 0.466 bits per heavy atom. The van der Waals surface area contributed by atoms with Crippen LogP contribution in [0.15, 0.2) is 158 Å². The lowest BCUT2D eigenvalue weighted by Crippen LogP contribution is -2.17. The van der Waals surface area contributed by atoms with E-state index in [1.165, 1.54) is 11.1 Å². The third-order valence-electron chi connectivity index (χ3n) is 16.8. The standard InChI is InChI=1S/C79H90N4O5/c1-75(2,3)61-37-51-32-53-39-62(76(4,5)6)41-55(71(53)85-47-66-24-16-20-28-80-66)34-57-43-64(78(10,11)12)45-59(73(57)87-49-68-26-18-22-30-82-68)36-60-46-65(79(13,14)15)44-58(74(60)88-50-69-27-19-23-31-83-69)35-56-42-63(77(7,8)9)40-54(33-52(38-61)70(51)84)72(56)86-48-67-25-17-21-29-81-67/h16-31,37-46,84H,32-36,47-50H2,1-15H3. The summed E-state index contributed by atoms with van der Waals surface area (Å²) in [5.74, 6) is 3.35. The van der Waals surface area contributed by atoms with Gasteiger partial charge in [-0.05, 0) is 159 Å². The van der Waals surface area contributed by atoms with E-state index in [9.17, 15) is 5.11 Å². The van der Waals surface area contributed by atoms with E-state index in [1.807, 2.05) is 97.6 Å². The average molecular weight is 1180 g/mol. The van der Waals surface area contributed by atoms with Crippen LogP contribution in [-0.4, -0.2) is 25.0 Å². The van der Waals surface area contributed by atoms with Crippen molar-refractivity contribution < 1.29 is 24.1 Å². The molecule has 456 valence electrons. The van der Waals surface area contributed by atoms with Gasteiger partial charge in [-0.1, -0.05) is 189 Å². The van der Waals surface area contributed by atoms with E-state index in [1.54, 1.807) is 0 Å². The molecule has 0 atom stereocenters. The zero-order valence-electron chi connectivity index (χ0n) is 54.7. The molecule has 1 N–H and O–H groups in total. The third-order valence-corrected chi connectivity index (χ3v) is 16.8. The smallest absolute Gasteiger partial charge is 0.130 e. The van der Waals surface area contributed by atoms with Crippen LogP contribution in [0.25, 0.3) is 0 Å². The summed E-state index contributed by atoms with van der Waals surface area (Å²) < 4.78 is 29.2. The Hall–Kier alpha value is -8.30. The predicted octanol–water partition coefficient (Wildman–Crippen LogP) is 18.0. The summed E-state index contributed by atoms with van der Waals surface area (Å²) in [7, 11) is 0. The molecule has 0 radical (unpaired) electrons. The number of pyridine rings is 4. The molecule has 4 heterocycles. The Morgan fingerprint density at radius 3 is 0.636 bits per heavy atom. The zero-order valence-corrected chi connectivity index (χ0v) is 54.7. The van der Waals surface area contributed by atoms with Gasteiger partial charge in [0.15, 0.2) is 0 Å². The highest BCUT2D eigenvalue weighted by atomic mass is 16.5. The van der Waals surface area contributed by atoms with Crippen molar-refractivity contribution in [3.05, 3.63) is 264 Å². The largest absolute Gasteiger partial charge is 0.507 e. The summed E-state index contributed by atoms with van der Waals surface area (Å²) in [6, 6.07) is 46.9. The lowest BCUT2D eigenvalue weighted by molar-refractivity contribution is 0.289. The van der Waals surface area contributed by atoms with Crippen LogP contribution in [0.5, 0.6) is 28.7 Å². The number of ether oxygens (including phenoxy) is 4. The van der Waals surface area contributed by atoms with Crippen LogP contribution < -0.4 is 18.9 Å². The number of hydrogen-bond acceptors (Lipinski definition) is 9. The van der Waals surface area contributed by atoms with Gasteiger partial charge in [0.2, 0.25) is 0 Å². The molecule has 0 unspecified atom stereocenters. The second-order valence-electron chi connectivity index (χ2n) is 29.2. The summed E-state index contributed by atoms with van der Waals surface area (Å²) in [6.45, 7) is 35.1. The maximum absolute atomic E-state index is 13.3. The first kappa shape index (κ1) is 62.7. The van der Waals surface area contributed by atoms with E-state index in [0.29, 0.717) is 32.1 Å². The van der Waals surface area contributed by atoms with Gasteiger partial charge in [0.05, 0.1) is 22.8 Å². The lowest BCUT2D eigenvalue weighted by atomic mass is 9.79. The molecule has 0 spiro atoms. The third kappa shape index (κ3) is 15.1. The SMILES string of the molecule is CC(C)(C)c1cc2c(O)c(c1)Cc1cc(C(C)(C)C)cc(c1OCc1ccccn1)Cc1cc(C(C)(C)C)cc(c1OCc1ccccn1)Cc1cc(C(C)(C)C)cc(c1OCc1ccccn1)Cc1cc(C(C)(C)C)cc(c1OCc1ccccn1)C2. The first-order valence-corrected chi connectivity index (χ1v) is 31.2. The molecule has 9 aromatic rings. The lowest BCUT2D eigenvalue weighted by Gasteiger charge is -2.29. The normalized spacial score (nSPS) is 13.2. The van der Waals surface area contributed by atoms with Gasteiger partial charge in [0.25, 0.3) is 0 Å². The fourth-order valence-corrected chi connectivity index (χ4v) is 11.5. The Labute approximate surface area is 524 Å². The number of rotatable bonds is 12. The van der Waals surface area contributed by atoms with Gasteiger partial charge in [-0.25, -0.2) is 0 Å². The van der Waals surface area contributed by atoms with Crippen molar-refractivity contribution in [3.63, 3.8) is 0 Å². The highest BCUT2D eigenvalue weighted by Gasteiger charge is 2.31. The van der Waals surface area contributed by atoms with Crippen molar-refractivity contribution in [3.8, 4) is 28.7 Å². The monoisotopic (exact) mass is 1170 g/mol. The van der Waals surface area contributed by atoms with Crippen molar-refractivity contribution in [1.29, 1.82) is 0 Å². The number of nitrogens with zero attached hydrogens (tertiary/aromatic N) is 4. The van der Waals surface area contributed by atoms with Crippen LogP contribution in [0.4, 0.5) is 0 Å². The summed E-state index contributed by atoms with van der Waals surface area (Å²) in [5.41, 5.74) is 17.4. The minimum absolute atomic E-state index is 0.243. The highest BCUT2D eigenvalue weighted by Crippen LogP contribution is 2.46. The molecular weight excluding hydrogens is 1080 g/mol. The molecule has 4 aromatic heterocycles. The van der Waals surface area contributed by atoms with E-state index in [4.69, 9.17) is 38.9 Å². The summed E-state index contributed by atoms with van der Waals surface area (Å²) in [4.78, 5) is 19.1. The van der Waals surface area contributed by atoms with Crippen molar-refractivity contribution in [2.45, 2.75) is 189 Å². The second kappa shape index (κ2) is 25.4. The molecule has 10 rings (SSSR count). The first-order chi connectivity index (χ1) is 41.6. The van der Waals surface area contributed by atoms with E-state index >= 15 is 0 Å². The Balaban J connectivity index is 1.34. The van der Waals surface area contributed by atoms with E-state index in [2.05, 4.69) is 165 Å². The predicted molar refractivity (Wildman–Crippen MR) is 356 cm³/mol. The maximum atomic E-state index is 13.3. The molecule has 5 aromatic carbocycles. The summed E-state index contributed by atoms with van der Waals surface area (Å²) in [5, 5.41) is 13.3. The molecule has 0 amide bonds. The number of aromatic hydroxyl groups is 1. The van der Waals surface area contributed by atoms with Crippen molar-refractivity contribution in [2.24, 2.45) is 0 Å². The number of aromatic nitrogens is 4. The topological polar surface area (TPSA) is 109 Å². The fourth-order valence-electron chi connectivity index (χ4n) is 11.5. The number of fused-ring (bicyclic) bond motifs is 10. The van der Waals surface area contributed by atoms with Gasteiger partial charge in [0, 0.05) is 56.9 Å². The molecule has 1 aliphatic carbocycles. The van der Waals surface area contributed by atoms with Gasteiger partial charge in [-0.15, -0.1) is 0 Å². The van der Waals surface area contributed by atoms with E-state index in [0.717, 1.165) is 118 Å². The van der Waals surface area contributed by atoms with Crippen LogP contribution in [-0.2, 0) is 85.6 Å². The highest BCUT2D eigenvalue weighted by molar-refractivity contribution is 5.61. The molecule has 9 heteroatoms. The number of phenolic OH excluding ortho intramolecular Hbond substituents is 1. The van der Waals surface area contributed by atoms with Crippen LogP contribution in [0.2, 0.25) is 0 Å². The quantitative estimate of drug-likeness (QED) is 0.128. The molecule has 0 saturated heterocycles.